The molecule has 0 unspecified atom stereocenters. The minimum atomic E-state index is -4.23. The van der Waals surface area contributed by atoms with Gasteiger partial charge in [-0.15, -0.1) is 0 Å². The van der Waals surface area contributed by atoms with Crippen molar-refractivity contribution in [3.05, 3.63) is 35.4 Å². The Morgan fingerprint density at radius 1 is 1.29 bits per heavy atom. The number of carbonyl (C=O) groups excluding carboxylic acids is 1. The van der Waals surface area contributed by atoms with Gasteiger partial charge < -0.3 is 9.64 Å². The number of halogens is 3. The van der Waals surface area contributed by atoms with Gasteiger partial charge in [0.1, 0.15) is 0 Å². The van der Waals surface area contributed by atoms with E-state index in [2.05, 4.69) is 9.64 Å². The summed E-state index contributed by atoms with van der Waals surface area (Å²) in [6, 6.07) is 5.76. The van der Waals surface area contributed by atoms with Crippen molar-refractivity contribution in [1.82, 2.24) is 4.90 Å². The zero-order chi connectivity index (χ0) is 15.9. The number of nitrogens with zero attached hydrogens (tertiary/aromatic N) is 1. The molecule has 1 aromatic carbocycles. The normalized spacial score (nSPS) is 16.8. The third kappa shape index (κ3) is 5.75. The topological polar surface area (TPSA) is 29.5 Å². The molecule has 0 radical (unpaired) electrons. The molecule has 0 saturated carbocycles. The van der Waals surface area contributed by atoms with E-state index in [9.17, 15) is 13.2 Å². The van der Waals surface area contributed by atoms with Crippen LogP contribution in [0, 0.1) is 0 Å². The maximum absolute atomic E-state index is 12.6. The van der Waals surface area contributed by atoms with Crippen molar-refractivity contribution in [2.75, 3.05) is 27.2 Å². The average Bonchev–Trinajstić information content (AvgIpc) is 2.47. The summed E-state index contributed by atoms with van der Waals surface area (Å²) < 4.78 is 41.6. The molecule has 0 bridgehead atoms. The van der Waals surface area contributed by atoms with E-state index >= 15 is 0 Å². The van der Waals surface area contributed by atoms with Crippen LogP contribution in [0.4, 0.5) is 13.2 Å². The summed E-state index contributed by atoms with van der Waals surface area (Å²) in [6.45, 7) is 2.29. The smallest absolute Gasteiger partial charge is 0.416 e. The Labute approximate surface area is 122 Å². The van der Waals surface area contributed by atoms with E-state index in [0.717, 1.165) is 37.6 Å². The van der Waals surface area contributed by atoms with Crippen LogP contribution in [0.25, 0.3) is 0 Å². The second kappa shape index (κ2) is 8.02. The standard InChI is InChI=1S/C13H16F3N.C2H4O2/c1-17-7-5-10(6-8-17)11-3-2-4-12(9-11)13(14,15)16;1-4-2-3/h2-4,9-10H,5-8H2,1H3;2H,1H3. The summed E-state index contributed by atoms with van der Waals surface area (Å²) in [5, 5.41) is 0. The Kier molecular flexibility index (Phi) is 6.68. The minimum Gasteiger partial charge on any atom is -0.471 e. The molecule has 0 spiro atoms. The van der Waals surface area contributed by atoms with Crippen molar-refractivity contribution in [2.24, 2.45) is 0 Å². The lowest BCUT2D eigenvalue weighted by Crippen LogP contribution is -2.29. The second-order valence-electron chi connectivity index (χ2n) is 5.03. The Bertz CT molecular complexity index is 441. The van der Waals surface area contributed by atoms with Crippen molar-refractivity contribution in [3.8, 4) is 0 Å². The van der Waals surface area contributed by atoms with Crippen LogP contribution >= 0.6 is 0 Å². The Hall–Kier alpha value is -1.56. The molecule has 0 amide bonds. The summed E-state index contributed by atoms with van der Waals surface area (Å²) in [6.07, 6.45) is -2.35. The van der Waals surface area contributed by atoms with Gasteiger partial charge in [0.15, 0.2) is 0 Å². The first-order valence-corrected chi connectivity index (χ1v) is 6.70. The lowest BCUT2D eigenvalue weighted by atomic mass is 9.89. The zero-order valence-electron chi connectivity index (χ0n) is 12.2. The fraction of sp³-hybridized carbons (Fsp3) is 0.533. The summed E-state index contributed by atoms with van der Waals surface area (Å²) in [7, 11) is 3.36. The van der Waals surface area contributed by atoms with E-state index in [-0.39, 0.29) is 5.92 Å². The monoisotopic (exact) mass is 303 g/mol. The molecular formula is C15H20F3NO2. The van der Waals surface area contributed by atoms with Crippen LogP contribution < -0.4 is 0 Å². The Balaban J connectivity index is 0.000000491. The maximum atomic E-state index is 12.6. The number of carbonyl (C=O) groups is 1. The Morgan fingerprint density at radius 2 is 1.86 bits per heavy atom. The van der Waals surface area contributed by atoms with E-state index in [0.29, 0.717) is 6.47 Å². The average molecular weight is 303 g/mol. The molecule has 1 saturated heterocycles. The van der Waals surface area contributed by atoms with E-state index in [1.54, 1.807) is 0 Å². The van der Waals surface area contributed by atoms with Gasteiger partial charge in [-0.3, -0.25) is 4.79 Å². The molecule has 0 atom stereocenters. The van der Waals surface area contributed by atoms with Gasteiger partial charge in [-0.25, -0.2) is 0 Å². The highest BCUT2D eigenvalue weighted by atomic mass is 19.4. The SMILES string of the molecule is CN1CCC(c2cccc(C(F)(F)F)c2)CC1.COC=O. The van der Waals surface area contributed by atoms with E-state index in [4.69, 9.17) is 4.79 Å². The lowest BCUT2D eigenvalue weighted by molar-refractivity contribution is -0.137. The van der Waals surface area contributed by atoms with Crippen LogP contribution in [0.1, 0.15) is 29.9 Å². The van der Waals surface area contributed by atoms with Gasteiger partial charge in [-0.05, 0) is 50.5 Å². The second-order valence-corrected chi connectivity index (χ2v) is 5.03. The van der Waals surface area contributed by atoms with Crippen molar-refractivity contribution >= 4 is 6.47 Å². The van der Waals surface area contributed by atoms with Crippen LogP contribution in [0.2, 0.25) is 0 Å². The number of ether oxygens (including phenoxy) is 1. The van der Waals surface area contributed by atoms with E-state index < -0.39 is 11.7 Å². The molecule has 0 N–H and O–H groups in total. The van der Waals surface area contributed by atoms with Crippen LogP contribution in [0.3, 0.4) is 0 Å². The first-order valence-electron chi connectivity index (χ1n) is 6.70. The predicted molar refractivity (Wildman–Crippen MR) is 74.0 cm³/mol. The number of alkyl halides is 3. The quantitative estimate of drug-likeness (QED) is 0.785. The maximum Gasteiger partial charge on any atom is 0.416 e. The first kappa shape index (κ1) is 17.5. The van der Waals surface area contributed by atoms with Crippen LogP contribution in [0.15, 0.2) is 24.3 Å². The van der Waals surface area contributed by atoms with Crippen molar-refractivity contribution < 1.29 is 22.7 Å². The van der Waals surface area contributed by atoms with Crippen molar-refractivity contribution in [2.45, 2.75) is 24.9 Å². The van der Waals surface area contributed by atoms with Gasteiger partial charge in [0.25, 0.3) is 6.47 Å². The largest absolute Gasteiger partial charge is 0.471 e. The van der Waals surface area contributed by atoms with Crippen molar-refractivity contribution in [1.29, 1.82) is 0 Å². The third-order valence-corrected chi connectivity index (χ3v) is 3.50. The molecule has 1 aliphatic heterocycles. The van der Waals surface area contributed by atoms with Gasteiger partial charge in [0, 0.05) is 0 Å². The molecule has 1 fully saturated rings. The number of benzene rings is 1. The summed E-state index contributed by atoms with van der Waals surface area (Å²) in [4.78, 5) is 11.2. The fourth-order valence-electron chi connectivity index (χ4n) is 2.31. The zero-order valence-corrected chi connectivity index (χ0v) is 12.2. The number of hydrogen-bond acceptors (Lipinski definition) is 3. The van der Waals surface area contributed by atoms with E-state index in [1.165, 1.54) is 19.2 Å². The summed E-state index contributed by atoms with van der Waals surface area (Å²) in [5.41, 5.74) is 0.293. The van der Waals surface area contributed by atoms with E-state index in [1.807, 2.05) is 13.1 Å². The number of rotatable bonds is 2. The number of likely N-dealkylation sites (tertiary alicyclic amines) is 1. The van der Waals surface area contributed by atoms with Crippen molar-refractivity contribution in [3.63, 3.8) is 0 Å². The number of methoxy groups -OCH3 is 1. The van der Waals surface area contributed by atoms with Gasteiger partial charge in [-0.2, -0.15) is 13.2 Å². The lowest BCUT2D eigenvalue weighted by Gasteiger charge is -2.29. The third-order valence-electron chi connectivity index (χ3n) is 3.50. The van der Waals surface area contributed by atoms with Crippen LogP contribution in [-0.4, -0.2) is 38.6 Å². The minimum absolute atomic E-state index is 0.272. The number of hydrogen-bond donors (Lipinski definition) is 0. The molecule has 118 valence electrons. The molecule has 3 nitrogen and oxygen atoms in total. The van der Waals surface area contributed by atoms with Crippen LogP contribution in [-0.2, 0) is 15.7 Å². The van der Waals surface area contributed by atoms with Gasteiger partial charge in [0.05, 0.1) is 12.7 Å². The molecule has 6 heteroatoms. The highest BCUT2D eigenvalue weighted by molar-refractivity contribution is 5.36. The molecule has 21 heavy (non-hydrogen) atoms. The number of piperidine rings is 1. The molecule has 0 aromatic heterocycles. The highest BCUT2D eigenvalue weighted by Gasteiger charge is 2.31. The molecule has 1 heterocycles. The molecule has 1 aliphatic rings. The van der Waals surface area contributed by atoms with Gasteiger partial charge >= 0.3 is 6.18 Å². The van der Waals surface area contributed by atoms with Gasteiger partial charge in [0.2, 0.25) is 0 Å². The summed E-state index contributed by atoms with van der Waals surface area (Å²) >= 11 is 0. The summed E-state index contributed by atoms with van der Waals surface area (Å²) in [5.74, 6) is 0.272. The predicted octanol–water partition coefficient (Wildman–Crippen LogP) is 3.30. The molecule has 2 rings (SSSR count). The molecule has 1 aromatic rings. The fourth-order valence-corrected chi connectivity index (χ4v) is 2.31. The molecule has 0 aliphatic carbocycles. The van der Waals surface area contributed by atoms with Crippen LogP contribution in [0.5, 0.6) is 0 Å². The first-order chi connectivity index (χ1) is 9.88. The highest BCUT2D eigenvalue weighted by Crippen LogP contribution is 2.33. The Morgan fingerprint density at radius 3 is 2.33 bits per heavy atom. The van der Waals surface area contributed by atoms with Gasteiger partial charge in [-0.1, -0.05) is 18.2 Å². The molecular weight excluding hydrogens is 283 g/mol.